The highest BCUT2D eigenvalue weighted by Crippen LogP contribution is 2.34. The number of aromatic amines is 1. The van der Waals surface area contributed by atoms with Crippen LogP contribution in [0.4, 0.5) is 5.69 Å². The first-order chi connectivity index (χ1) is 12.9. The molecule has 4 rings (SSSR count). The summed E-state index contributed by atoms with van der Waals surface area (Å²) in [5, 5.41) is 12.1. The topological polar surface area (TPSA) is 106 Å². The third kappa shape index (κ3) is 2.84. The van der Waals surface area contributed by atoms with Gasteiger partial charge in [0.1, 0.15) is 10.6 Å². The largest absolute Gasteiger partial charge is 0.495 e. The summed E-state index contributed by atoms with van der Waals surface area (Å²) < 4.78 is 32.9. The number of para-hydroxylation sites is 1. The molecule has 9 heteroatoms. The van der Waals surface area contributed by atoms with Crippen molar-refractivity contribution in [3.05, 3.63) is 63.8 Å². The van der Waals surface area contributed by atoms with Crippen LogP contribution in [0.2, 0.25) is 0 Å². The van der Waals surface area contributed by atoms with Crippen LogP contribution in [-0.2, 0) is 23.0 Å². The smallest absolute Gasteiger partial charge is 0.271 e. The molecule has 0 bridgehead atoms. The molecule has 0 fully saturated rings. The molecule has 8 nitrogen and oxygen atoms in total. The van der Waals surface area contributed by atoms with E-state index in [9.17, 15) is 18.5 Å². The minimum Gasteiger partial charge on any atom is -0.495 e. The van der Waals surface area contributed by atoms with Gasteiger partial charge in [0.2, 0.25) is 10.0 Å². The van der Waals surface area contributed by atoms with Gasteiger partial charge in [0.05, 0.1) is 12.0 Å². The lowest BCUT2D eigenvalue weighted by Gasteiger charge is -2.27. The molecule has 140 valence electrons. The average Bonchev–Trinajstić information content (AvgIpc) is 3.05. The Labute approximate surface area is 155 Å². The molecule has 3 aromatic rings. The third-order valence-electron chi connectivity index (χ3n) is 4.82. The van der Waals surface area contributed by atoms with E-state index in [0.717, 1.165) is 28.2 Å². The minimum atomic E-state index is -3.96. The van der Waals surface area contributed by atoms with Crippen LogP contribution in [-0.4, -0.2) is 36.3 Å². The maximum Gasteiger partial charge on any atom is 0.271 e. The number of ether oxygens (including phenoxy) is 1. The van der Waals surface area contributed by atoms with Crippen LogP contribution in [0.3, 0.4) is 0 Å². The highest BCUT2D eigenvalue weighted by molar-refractivity contribution is 7.89. The Kier molecular flexibility index (Phi) is 4.12. The van der Waals surface area contributed by atoms with E-state index in [1.54, 1.807) is 0 Å². The summed E-state index contributed by atoms with van der Waals surface area (Å²) in [7, 11) is -2.62. The molecule has 2 aromatic carbocycles. The van der Waals surface area contributed by atoms with E-state index >= 15 is 0 Å². The molecule has 0 atom stereocenters. The first-order valence-electron chi connectivity index (χ1n) is 8.33. The van der Waals surface area contributed by atoms with E-state index < -0.39 is 14.9 Å². The van der Waals surface area contributed by atoms with Crippen LogP contribution in [0.1, 0.15) is 11.3 Å². The van der Waals surface area contributed by atoms with Gasteiger partial charge in [0.25, 0.3) is 5.69 Å². The first kappa shape index (κ1) is 17.5. The Bertz CT molecular complexity index is 1150. The molecule has 1 aliphatic heterocycles. The van der Waals surface area contributed by atoms with E-state index in [2.05, 4.69) is 4.98 Å². The lowest BCUT2D eigenvalue weighted by molar-refractivity contribution is -0.385. The third-order valence-corrected chi connectivity index (χ3v) is 6.69. The van der Waals surface area contributed by atoms with E-state index in [1.807, 2.05) is 24.3 Å². The number of aromatic nitrogens is 1. The summed E-state index contributed by atoms with van der Waals surface area (Å²) in [5.74, 6) is 0.0883. The van der Waals surface area contributed by atoms with Crippen molar-refractivity contribution in [1.82, 2.24) is 9.29 Å². The van der Waals surface area contributed by atoms with Gasteiger partial charge in [0.15, 0.2) is 0 Å². The van der Waals surface area contributed by atoms with Crippen LogP contribution in [0, 0.1) is 10.1 Å². The number of hydrogen-bond acceptors (Lipinski definition) is 5. The van der Waals surface area contributed by atoms with Gasteiger partial charge in [-0.25, -0.2) is 8.42 Å². The zero-order chi connectivity index (χ0) is 19.2. The fourth-order valence-electron chi connectivity index (χ4n) is 3.47. The number of non-ortho nitro benzene ring substituents is 1. The molecule has 0 aliphatic carbocycles. The number of H-pyrrole nitrogens is 1. The van der Waals surface area contributed by atoms with Gasteiger partial charge in [-0.1, -0.05) is 18.2 Å². The minimum absolute atomic E-state index is 0.0883. The van der Waals surface area contributed by atoms with E-state index in [1.165, 1.54) is 23.5 Å². The van der Waals surface area contributed by atoms with Crippen molar-refractivity contribution in [3.8, 4) is 5.75 Å². The van der Waals surface area contributed by atoms with Crippen LogP contribution in [0.25, 0.3) is 10.9 Å². The quantitative estimate of drug-likeness (QED) is 0.547. The van der Waals surface area contributed by atoms with Gasteiger partial charge in [-0.3, -0.25) is 10.1 Å². The number of nitro groups is 1. The number of fused-ring (bicyclic) bond motifs is 3. The predicted octanol–water partition coefficient (Wildman–Crippen LogP) is 2.83. The van der Waals surface area contributed by atoms with Crippen molar-refractivity contribution < 1.29 is 18.1 Å². The van der Waals surface area contributed by atoms with Gasteiger partial charge >= 0.3 is 0 Å². The number of nitrogens with zero attached hydrogens (tertiary/aromatic N) is 2. The monoisotopic (exact) mass is 387 g/mol. The van der Waals surface area contributed by atoms with Crippen molar-refractivity contribution in [2.45, 2.75) is 17.9 Å². The Morgan fingerprint density at radius 2 is 2.00 bits per heavy atom. The number of hydrogen-bond donors (Lipinski definition) is 1. The summed E-state index contributed by atoms with van der Waals surface area (Å²) in [4.78, 5) is 13.6. The average molecular weight is 387 g/mol. The fourth-order valence-corrected chi connectivity index (χ4v) is 5.05. The molecule has 0 amide bonds. The second-order valence-corrected chi connectivity index (χ2v) is 8.21. The lowest BCUT2D eigenvalue weighted by Crippen LogP contribution is -2.36. The molecule has 0 spiro atoms. The molecule has 1 aromatic heterocycles. The lowest BCUT2D eigenvalue weighted by atomic mass is 10.1. The van der Waals surface area contributed by atoms with Crippen LogP contribution in [0.15, 0.2) is 47.4 Å². The highest BCUT2D eigenvalue weighted by Gasteiger charge is 2.33. The van der Waals surface area contributed by atoms with E-state index in [0.29, 0.717) is 6.42 Å². The Balaban J connectivity index is 1.77. The summed E-state index contributed by atoms with van der Waals surface area (Å²) in [6, 6.07) is 11.3. The van der Waals surface area contributed by atoms with Crippen LogP contribution in [0.5, 0.6) is 5.75 Å². The highest BCUT2D eigenvalue weighted by atomic mass is 32.2. The maximum absolute atomic E-state index is 13.2. The summed E-state index contributed by atoms with van der Waals surface area (Å²) in [6.45, 7) is 0.488. The molecule has 0 saturated carbocycles. The molecule has 0 radical (unpaired) electrons. The maximum atomic E-state index is 13.2. The first-order valence-corrected chi connectivity index (χ1v) is 9.77. The second kappa shape index (κ2) is 6.36. The number of nitro benzene ring substituents is 1. The van der Waals surface area contributed by atoms with Crippen molar-refractivity contribution in [3.63, 3.8) is 0 Å². The number of methoxy groups -OCH3 is 1. The van der Waals surface area contributed by atoms with Gasteiger partial charge < -0.3 is 9.72 Å². The van der Waals surface area contributed by atoms with E-state index in [4.69, 9.17) is 4.74 Å². The van der Waals surface area contributed by atoms with Crippen molar-refractivity contribution >= 4 is 26.6 Å². The SMILES string of the molecule is COc1ccc([N+](=O)[O-])cc1S(=O)(=O)N1CCc2[nH]c3ccccc3c2C1. The molecule has 27 heavy (non-hydrogen) atoms. The summed E-state index contributed by atoms with van der Waals surface area (Å²) in [6.07, 6.45) is 0.542. The molecule has 1 aliphatic rings. The van der Waals surface area contributed by atoms with Gasteiger partial charge in [0, 0.05) is 48.2 Å². The standard InChI is InChI=1S/C18H17N3O5S/c1-26-17-7-6-12(21(22)23)10-18(17)27(24,25)20-9-8-16-14(11-20)13-4-2-3-5-15(13)19-16/h2-7,10,19H,8-9,11H2,1H3. The van der Waals surface area contributed by atoms with Crippen LogP contribution >= 0.6 is 0 Å². The Morgan fingerprint density at radius 1 is 1.22 bits per heavy atom. The number of sulfonamides is 1. The Morgan fingerprint density at radius 3 is 2.74 bits per heavy atom. The zero-order valence-corrected chi connectivity index (χ0v) is 15.3. The van der Waals surface area contributed by atoms with E-state index in [-0.39, 0.29) is 29.4 Å². The predicted molar refractivity (Wildman–Crippen MR) is 99.2 cm³/mol. The number of benzene rings is 2. The molecule has 1 N–H and O–H groups in total. The van der Waals surface area contributed by atoms with Crippen molar-refractivity contribution in [1.29, 1.82) is 0 Å². The molecular formula is C18H17N3O5S. The molecular weight excluding hydrogens is 370 g/mol. The zero-order valence-electron chi connectivity index (χ0n) is 14.5. The summed E-state index contributed by atoms with van der Waals surface area (Å²) in [5.41, 5.74) is 2.63. The van der Waals surface area contributed by atoms with Crippen molar-refractivity contribution in [2.75, 3.05) is 13.7 Å². The number of nitrogens with one attached hydrogen (secondary N) is 1. The van der Waals surface area contributed by atoms with Crippen LogP contribution < -0.4 is 4.74 Å². The molecule has 0 saturated heterocycles. The van der Waals surface area contributed by atoms with Gasteiger partial charge in [-0.15, -0.1) is 0 Å². The normalized spacial score (nSPS) is 14.9. The fraction of sp³-hybridized carbons (Fsp3) is 0.222. The summed E-state index contributed by atoms with van der Waals surface area (Å²) >= 11 is 0. The Hall–Kier alpha value is -2.91. The van der Waals surface area contributed by atoms with Crippen molar-refractivity contribution in [2.24, 2.45) is 0 Å². The second-order valence-electron chi connectivity index (χ2n) is 6.31. The van der Waals surface area contributed by atoms with Gasteiger partial charge in [-0.05, 0) is 17.7 Å². The van der Waals surface area contributed by atoms with Gasteiger partial charge in [-0.2, -0.15) is 4.31 Å². The molecule has 0 unspecified atom stereocenters. The molecule has 2 heterocycles. The number of rotatable bonds is 4.